The lowest BCUT2D eigenvalue weighted by molar-refractivity contribution is -0.133. The number of hydrogen-bond donors (Lipinski definition) is 0. The van der Waals surface area contributed by atoms with Crippen LogP contribution in [0.25, 0.3) is 0 Å². The summed E-state index contributed by atoms with van der Waals surface area (Å²) < 4.78 is 15.4. The molecule has 1 saturated heterocycles. The first-order chi connectivity index (χ1) is 6.18. The second kappa shape index (κ2) is 5.32. The minimum Gasteiger partial charge on any atom is -0.371 e. The maximum atomic E-state index is 11.2. The standard InChI is InChI=1S/C9H16O4/c1-7(2)13-6-8(10)5-9-11-3-4-12-9/h7,9H,3-6H2,1-2H3. The van der Waals surface area contributed by atoms with Crippen molar-refractivity contribution in [3.63, 3.8) is 0 Å². The molecule has 0 aromatic heterocycles. The minimum absolute atomic E-state index is 0.0283. The molecule has 0 bridgehead atoms. The van der Waals surface area contributed by atoms with Crippen molar-refractivity contribution in [2.45, 2.75) is 32.7 Å². The fourth-order valence-corrected chi connectivity index (χ4v) is 1.03. The van der Waals surface area contributed by atoms with Gasteiger partial charge in [-0.05, 0) is 13.8 Å². The number of ketones is 1. The van der Waals surface area contributed by atoms with Crippen LogP contribution in [0.5, 0.6) is 0 Å². The highest BCUT2D eigenvalue weighted by atomic mass is 16.7. The van der Waals surface area contributed by atoms with E-state index < -0.39 is 0 Å². The zero-order valence-corrected chi connectivity index (χ0v) is 8.12. The molecule has 1 rings (SSSR count). The molecule has 0 radical (unpaired) electrons. The van der Waals surface area contributed by atoms with E-state index in [2.05, 4.69) is 0 Å². The summed E-state index contributed by atoms with van der Waals surface area (Å²) in [6.45, 7) is 5.12. The summed E-state index contributed by atoms with van der Waals surface area (Å²) in [5.74, 6) is 0.0283. The highest BCUT2D eigenvalue weighted by molar-refractivity contribution is 5.80. The number of carbonyl (C=O) groups excluding carboxylic acids is 1. The van der Waals surface area contributed by atoms with E-state index in [1.54, 1.807) is 0 Å². The van der Waals surface area contributed by atoms with Gasteiger partial charge in [-0.2, -0.15) is 0 Å². The summed E-state index contributed by atoms with van der Waals surface area (Å²) in [6, 6.07) is 0. The van der Waals surface area contributed by atoms with E-state index in [1.807, 2.05) is 13.8 Å². The molecule has 0 aliphatic carbocycles. The molecule has 1 fully saturated rings. The molecule has 4 nitrogen and oxygen atoms in total. The lowest BCUT2D eigenvalue weighted by Crippen LogP contribution is -2.20. The van der Waals surface area contributed by atoms with Crippen LogP contribution in [-0.2, 0) is 19.0 Å². The number of hydrogen-bond acceptors (Lipinski definition) is 4. The Bertz CT molecular complexity index is 161. The van der Waals surface area contributed by atoms with E-state index in [4.69, 9.17) is 14.2 Å². The van der Waals surface area contributed by atoms with E-state index >= 15 is 0 Å². The largest absolute Gasteiger partial charge is 0.371 e. The van der Waals surface area contributed by atoms with Crippen LogP contribution in [0.3, 0.4) is 0 Å². The van der Waals surface area contributed by atoms with Gasteiger partial charge in [-0.25, -0.2) is 0 Å². The molecular formula is C9H16O4. The molecule has 0 atom stereocenters. The lowest BCUT2D eigenvalue weighted by atomic mass is 10.3. The lowest BCUT2D eigenvalue weighted by Gasteiger charge is -2.09. The molecule has 1 aliphatic heterocycles. The normalized spacial score (nSPS) is 18.4. The van der Waals surface area contributed by atoms with Gasteiger partial charge >= 0.3 is 0 Å². The van der Waals surface area contributed by atoms with Gasteiger partial charge in [-0.3, -0.25) is 4.79 Å². The third-order valence-electron chi connectivity index (χ3n) is 1.66. The Hall–Kier alpha value is -0.450. The Balaban J connectivity index is 2.09. The van der Waals surface area contributed by atoms with Gasteiger partial charge in [0.25, 0.3) is 0 Å². The molecule has 76 valence electrons. The second-order valence-corrected chi connectivity index (χ2v) is 3.27. The molecular weight excluding hydrogens is 172 g/mol. The van der Waals surface area contributed by atoms with Crippen molar-refractivity contribution in [2.75, 3.05) is 19.8 Å². The monoisotopic (exact) mass is 188 g/mol. The summed E-state index contributed by atoms with van der Waals surface area (Å²) in [5, 5.41) is 0. The third-order valence-corrected chi connectivity index (χ3v) is 1.66. The first kappa shape index (κ1) is 10.6. The van der Waals surface area contributed by atoms with E-state index in [0.717, 1.165) is 0 Å². The van der Waals surface area contributed by atoms with Gasteiger partial charge < -0.3 is 14.2 Å². The number of carbonyl (C=O) groups is 1. The van der Waals surface area contributed by atoms with Crippen LogP contribution < -0.4 is 0 Å². The van der Waals surface area contributed by atoms with Crippen LogP contribution in [0.2, 0.25) is 0 Å². The average Bonchev–Trinajstić information content (AvgIpc) is 2.53. The van der Waals surface area contributed by atoms with Gasteiger partial charge in [0.05, 0.1) is 25.7 Å². The predicted molar refractivity (Wildman–Crippen MR) is 46.4 cm³/mol. The highest BCUT2D eigenvalue weighted by Gasteiger charge is 2.19. The van der Waals surface area contributed by atoms with E-state index in [-0.39, 0.29) is 24.8 Å². The molecule has 0 saturated carbocycles. The van der Waals surface area contributed by atoms with E-state index in [1.165, 1.54) is 0 Å². The molecule has 4 heteroatoms. The van der Waals surface area contributed by atoms with E-state index in [9.17, 15) is 4.79 Å². The van der Waals surface area contributed by atoms with Crippen molar-refractivity contribution < 1.29 is 19.0 Å². The fraction of sp³-hybridized carbons (Fsp3) is 0.889. The SMILES string of the molecule is CC(C)OCC(=O)CC1OCCO1. The van der Waals surface area contributed by atoms with Crippen molar-refractivity contribution in [3.8, 4) is 0 Å². The maximum absolute atomic E-state index is 11.2. The second-order valence-electron chi connectivity index (χ2n) is 3.27. The number of ether oxygens (including phenoxy) is 3. The molecule has 13 heavy (non-hydrogen) atoms. The highest BCUT2D eigenvalue weighted by Crippen LogP contribution is 2.08. The van der Waals surface area contributed by atoms with E-state index in [0.29, 0.717) is 19.6 Å². The number of Topliss-reactive ketones (excluding diaryl/α,β-unsaturated/α-hetero) is 1. The van der Waals surface area contributed by atoms with Gasteiger partial charge in [0.2, 0.25) is 0 Å². The van der Waals surface area contributed by atoms with Gasteiger partial charge in [0, 0.05) is 0 Å². The smallest absolute Gasteiger partial charge is 0.164 e. The molecule has 1 aliphatic rings. The first-order valence-electron chi connectivity index (χ1n) is 4.55. The Morgan fingerprint density at radius 2 is 2.08 bits per heavy atom. The van der Waals surface area contributed by atoms with Gasteiger partial charge in [-0.15, -0.1) is 0 Å². The van der Waals surface area contributed by atoms with Crippen LogP contribution in [-0.4, -0.2) is 38.0 Å². The van der Waals surface area contributed by atoms with Crippen LogP contribution >= 0.6 is 0 Å². The van der Waals surface area contributed by atoms with Crippen molar-refractivity contribution >= 4 is 5.78 Å². The fourth-order valence-electron chi connectivity index (χ4n) is 1.03. The first-order valence-corrected chi connectivity index (χ1v) is 4.55. The molecule has 0 aromatic carbocycles. The molecule has 0 unspecified atom stereocenters. The summed E-state index contributed by atoms with van der Waals surface area (Å²) >= 11 is 0. The number of rotatable bonds is 5. The van der Waals surface area contributed by atoms with Crippen LogP contribution in [0, 0.1) is 0 Å². The van der Waals surface area contributed by atoms with Crippen molar-refractivity contribution in [1.82, 2.24) is 0 Å². The molecule has 0 N–H and O–H groups in total. The van der Waals surface area contributed by atoms with Gasteiger partial charge in [0.1, 0.15) is 6.61 Å². The maximum Gasteiger partial charge on any atom is 0.164 e. The van der Waals surface area contributed by atoms with Crippen molar-refractivity contribution in [2.24, 2.45) is 0 Å². The molecule has 0 amide bonds. The van der Waals surface area contributed by atoms with Crippen LogP contribution in [0.1, 0.15) is 20.3 Å². The molecule has 0 spiro atoms. The van der Waals surface area contributed by atoms with Crippen molar-refractivity contribution in [3.05, 3.63) is 0 Å². The zero-order chi connectivity index (χ0) is 9.68. The predicted octanol–water partition coefficient (Wildman–Crippen LogP) is 0.744. The molecule has 0 aromatic rings. The van der Waals surface area contributed by atoms with Gasteiger partial charge in [-0.1, -0.05) is 0 Å². The average molecular weight is 188 g/mol. The Morgan fingerprint density at radius 3 is 2.62 bits per heavy atom. The Labute approximate surface area is 78.2 Å². The quantitative estimate of drug-likeness (QED) is 0.638. The Kier molecular flexibility index (Phi) is 4.35. The van der Waals surface area contributed by atoms with Crippen LogP contribution in [0.4, 0.5) is 0 Å². The van der Waals surface area contributed by atoms with Crippen molar-refractivity contribution in [1.29, 1.82) is 0 Å². The molecule has 1 heterocycles. The zero-order valence-electron chi connectivity index (χ0n) is 8.12. The Morgan fingerprint density at radius 1 is 1.46 bits per heavy atom. The minimum atomic E-state index is -0.344. The summed E-state index contributed by atoms with van der Waals surface area (Å²) in [5.41, 5.74) is 0. The van der Waals surface area contributed by atoms with Gasteiger partial charge in [0.15, 0.2) is 12.1 Å². The third kappa shape index (κ3) is 4.36. The topological polar surface area (TPSA) is 44.8 Å². The van der Waals surface area contributed by atoms with Crippen LogP contribution in [0.15, 0.2) is 0 Å². The summed E-state index contributed by atoms with van der Waals surface area (Å²) in [4.78, 5) is 11.2. The summed E-state index contributed by atoms with van der Waals surface area (Å²) in [6.07, 6.45) is 0.0461. The summed E-state index contributed by atoms with van der Waals surface area (Å²) in [7, 11) is 0.